The van der Waals surface area contributed by atoms with Gasteiger partial charge in [-0.25, -0.2) is 0 Å². The Hall–Kier alpha value is -1.85. The molecule has 1 aliphatic heterocycles. The van der Waals surface area contributed by atoms with Crippen molar-refractivity contribution in [1.82, 2.24) is 20.4 Å². The maximum atomic E-state index is 5.22. The van der Waals surface area contributed by atoms with Crippen molar-refractivity contribution >= 4 is 0 Å². The van der Waals surface area contributed by atoms with E-state index < -0.39 is 0 Å². The van der Waals surface area contributed by atoms with Crippen molar-refractivity contribution in [2.24, 2.45) is 0 Å². The fourth-order valence-corrected chi connectivity index (χ4v) is 3.22. The fourth-order valence-electron chi connectivity index (χ4n) is 3.22. The minimum atomic E-state index is 0.572. The molecule has 2 aromatic rings. The summed E-state index contributed by atoms with van der Waals surface area (Å²) in [6.07, 6.45) is 4.46. The number of hydrogen-bond acceptors (Lipinski definition) is 4. The molecule has 3 rings (SSSR count). The number of aromatic amines is 1. The van der Waals surface area contributed by atoms with E-state index in [0.717, 1.165) is 36.6 Å². The van der Waals surface area contributed by atoms with Crippen molar-refractivity contribution in [3.63, 3.8) is 0 Å². The largest absolute Gasteiger partial charge is 0.497 e. The zero-order valence-corrected chi connectivity index (χ0v) is 14.0. The first kappa shape index (κ1) is 16.0. The van der Waals surface area contributed by atoms with Gasteiger partial charge in [-0.05, 0) is 50.2 Å². The first-order valence-electron chi connectivity index (χ1n) is 8.42. The molecule has 0 unspecified atom stereocenters. The molecule has 0 spiro atoms. The molecular weight excluding hydrogens is 288 g/mol. The Morgan fingerprint density at radius 2 is 2.17 bits per heavy atom. The molecule has 0 amide bonds. The number of rotatable bonds is 6. The Labute approximate surface area is 138 Å². The van der Waals surface area contributed by atoms with Gasteiger partial charge < -0.3 is 15.0 Å². The van der Waals surface area contributed by atoms with Crippen LogP contribution in [0.5, 0.6) is 5.75 Å². The van der Waals surface area contributed by atoms with E-state index in [4.69, 9.17) is 4.74 Å². The molecule has 2 N–H and O–H groups in total. The second kappa shape index (κ2) is 7.62. The summed E-state index contributed by atoms with van der Waals surface area (Å²) in [7, 11) is 1.68. The van der Waals surface area contributed by atoms with Crippen molar-refractivity contribution in [3.05, 3.63) is 36.0 Å². The summed E-state index contributed by atoms with van der Waals surface area (Å²) in [5, 5.41) is 11.0. The van der Waals surface area contributed by atoms with Gasteiger partial charge in [0.25, 0.3) is 0 Å². The van der Waals surface area contributed by atoms with Gasteiger partial charge in [0.15, 0.2) is 0 Å². The van der Waals surface area contributed by atoms with Crippen molar-refractivity contribution in [2.45, 2.75) is 32.4 Å². The summed E-state index contributed by atoms with van der Waals surface area (Å²) >= 11 is 0. The third kappa shape index (κ3) is 3.92. The molecule has 5 nitrogen and oxygen atoms in total. The zero-order valence-electron chi connectivity index (χ0n) is 14.0. The third-order valence-electron chi connectivity index (χ3n) is 4.63. The molecule has 5 heteroatoms. The number of benzene rings is 1. The van der Waals surface area contributed by atoms with Crippen LogP contribution in [0.15, 0.2) is 30.5 Å². The van der Waals surface area contributed by atoms with Gasteiger partial charge in [-0.2, -0.15) is 5.10 Å². The van der Waals surface area contributed by atoms with E-state index in [2.05, 4.69) is 39.5 Å². The lowest BCUT2D eigenvalue weighted by atomic mass is 10.0. The van der Waals surface area contributed by atoms with Gasteiger partial charge in [0, 0.05) is 30.3 Å². The average molecular weight is 314 g/mol. The number of nitrogens with zero attached hydrogens (tertiary/aromatic N) is 2. The second-order valence-corrected chi connectivity index (χ2v) is 6.11. The Bertz CT molecular complexity index is 608. The molecule has 1 fully saturated rings. The number of H-pyrrole nitrogens is 1. The van der Waals surface area contributed by atoms with Crippen LogP contribution >= 0.6 is 0 Å². The number of aromatic nitrogens is 2. The van der Waals surface area contributed by atoms with Gasteiger partial charge in [-0.3, -0.25) is 5.10 Å². The SMILES string of the molecule is CCN1CCC[C@H](NCc2cn[nH]c2-c2ccc(OC)cc2)C1. The molecule has 0 radical (unpaired) electrons. The molecule has 23 heavy (non-hydrogen) atoms. The van der Waals surface area contributed by atoms with E-state index in [1.165, 1.54) is 24.9 Å². The lowest BCUT2D eigenvalue weighted by molar-refractivity contribution is 0.198. The summed E-state index contributed by atoms with van der Waals surface area (Å²) in [6, 6.07) is 8.66. The van der Waals surface area contributed by atoms with E-state index >= 15 is 0 Å². The minimum absolute atomic E-state index is 0.572. The fraction of sp³-hybridized carbons (Fsp3) is 0.500. The Balaban J connectivity index is 1.64. The van der Waals surface area contributed by atoms with Crippen molar-refractivity contribution in [2.75, 3.05) is 26.7 Å². The molecule has 2 heterocycles. The normalized spacial score (nSPS) is 19.0. The summed E-state index contributed by atoms with van der Waals surface area (Å²) in [6.45, 7) is 6.60. The van der Waals surface area contributed by atoms with Crippen LogP contribution in [0, 0.1) is 0 Å². The minimum Gasteiger partial charge on any atom is -0.497 e. The molecular formula is C18H26N4O. The van der Waals surface area contributed by atoms with Crippen molar-refractivity contribution < 1.29 is 4.74 Å². The van der Waals surface area contributed by atoms with Crippen LogP contribution in [0.3, 0.4) is 0 Å². The second-order valence-electron chi connectivity index (χ2n) is 6.11. The topological polar surface area (TPSA) is 53.2 Å². The molecule has 1 atom stereocenters. The molecule has 0 aliphatic carbocycles. The molecule has 124 valence electrons. The summed E-state index contributed by atoms with van der Waals surface area (Å²) < 4.78 is 5.22. The Morgan fingerprint density at radius 1 is 1.35 bits per heavy atom. The maximum absolute atomic E-state index is 5.22. The molecule has 0 saturated carbocycles. The standard InChI is InChI=1S/C18H26N4O/c1-3-22-10-4-5-16(13-22)19-11-15-12-20-21-18(15)14-6-8-17(23-2)9-7-14/h6-9,12,16,19H,3-5,10-11,13H2,1-2H3,(H,20,21)/t16-/m0/s1. The third-order valence-corrected chi connectivity index (χ3v) is 4.63. The molecule has 1 aliphatic rings. The number of nitrogens with one attached hydrogen (secondary N) is 2. The Morgan fingerprint density at radius 3 is 2.91 bits per heavy atom. The highest BCUT2D eigenvalue weighted by Gasteiger charge is 2.18. The van der Waals surface area contributed by atoms with Crippen molar-refractivity contribution in [1.29, 1.82) is 0 Å². The predicted molar refractivity (Wildman–Crippen MR) is 92.6 cm³/mol. The summed E-state index contributed by atoms with van der Waals surface area (Å²) in [4.78, 5) is 2.51. The number of hydrogen-bond donors (Lipinski definition) is 2. The number of likely N-dealkylation sites (N-methyl/N-ethyl adjacent to an activating group) is 1. The van der Waals surface area contributed by atoms with E-state index in [-0.39, 0.29) is 0 Å². The predicted octanol–water partition coefficient (Wildman–Crippen LogP) is 2.66. The van der Waals surface area contributed by atoms with E-state index in [1.54, 1.807) is 7.11 Å². The van der Waals surface area contributed by atoms with Crippen LogP contribution in [0.1, 0.15) is 25.3 Å². The van der Waals surface area contributed by atoms with Gasteiger partial charge in [0.1, 0.15) is 5.75 Å². The maximum Gasteiger partial charge on any atom is 0.118 e. The zero-order chi connectivity index (χ0) is 16.1. The lowest BCUT2D eigenvalue weighted by Crippen LogP contribution is -2.45. The molecule has 1 saturated heterocycles. The smallest absolute Gasteiger partial charge is 0.118 e. The van der Waals surface area contributed by atoms with E-state index in [1.807, 2.05) is 18.3 Å². The van der Waals surface area contributed by atoms with Crippen LogP contribution < -0.4 is 10.1 Å². The van der Waals surface area contributed by atoms with Gasteiger partial charge in [0.2, 0.25) is 0 Å². The molecule has 1 aromatic carbocycles. The average Bonchev–Trinajstić information content (AvgIpc) is 3.09. The highest BCUT2D eigenvalue weighted by molar-refractivity contribution is 5.63. The van der Waals surface area contributed by atoms with Crippen LogP contribution in [-0.4, -0.2) is 47.9 Å². The first-order chi connectivity index (χ1) is 11.3. The quantitative estimate of drug-likeness (QED) is 0.861. The van der Waals surface area contributed by atoms with Gasteiger partial charge in [-0.1, -0.05) is 6.92 Å². The van der Waals surface area contributed by atoms with Crippen LogP contribution in [-0.2, 0) is 6.54 Å². The van der Waals surface area contributed by atoms with Gasteiger partial charge >= 0.3 is 0 Å². The highest BCUT2D eigenvalue weighted by atomic mass is 16.5. The summed E-state index contributed by atoms with van der Waals surface area (Å²) in [5.41, 5.74) is 3.44. The first-order valence-corrected chi connectivity index (χ1v) is 8.42. The lowest BCUT2D eigenvalue weighted by Gasteiger charge is -2.32. The number of piperidine rings is 1. The van der Waals surface area contributed by atoms with Gasteiger partial charge in [-0.15, -0.1) is 0 Å². The number of methoxy groups -OCH3 is 1. The van der Waals surface area contributed by atoms with E-state index in [0.29, 0.717) is 6.04 Å². The van der Waals surface area contributed by atoms with E-state index in [9.17, 15) is 0 Å². The number of likely N-dealkylation sites (tertiary alicyclic amines) is 1. The van der Waals surface area contributed by atoms with Crippen LogP contribution in [0.25, 0.3) is 11.3 Å². The molecule has 1 aromatic heterocycles. The van der Waals surface area contributed by atoms with Crippen LogP contribution in [0.2, 0.25) is 0 Å². The van der Waals surface area contributed by atoms with Gasteiger partial charge in [0.05, 0.1) is 19.0 Å². The molecule has 0 bridgehead atoms. The number of ether oxygens (including phenoxy) is 1. The highest BCUT2D eigenvalue weighted by Crippen LogP contribution is 2.24. The summed E-state index contributed by atoms with van der Waals surface area (Å²) in [5.74, 6) is 0.870. The monoisotopic (exact) mass is 314 g/mol. The van der Waals surface area contributed by atoms with Crippen LogP contribution in [0.4, 0.5) is 0 Å². The Kier molecular flexibility index (Phi) is 5.31. The van der Waals surface area contributed by atoms with Crippen molar-refractivity contribution in [3.8, 4) is 17.0 Å².